The van der Waals surface area contributed by atoms with E-state index in [0.717, 1.165) is 22.9 Å². The minimum atomic E-state index is -0.663. The summed E-state index contributed by atoms with van der Waals surface area (Å²) in [6, 6.07) is 2.07. The van der Waals surface area contributed by atoms with Gasteiger partial charge in [-0.3, -0.25) is 24.3 Å². The Labute approximate surface area is 141 Å². The number of aromatic nitrogens is 2. The van der Waals surface area contributed by atoms with Crippen LogP contribution in [0.2, 0.25) is 0 Å². The van der Waals surface area contributed by atoms with Gasteiger partial charge < -0.3 is 14.6 Å². The Bertz CT molecular complexity index is 882. The summed E-state index contributed by atoms with van der Waals surface area (Å²) in [5.41, 5.74) is -0.465. The van der Waals surface area contributed by atoms with Crippen molar-refractivity contribution in [1.82, 2.24) is 9.13 Å². The maximum Gasteiger partial charge on any atom is 0.341 e. The van der Waals surface area contributed by atoms with E-state index in [0.29, 0.717) is 0 Å². The van der Waals surface area contributed by atoms with Gasteiger partial charge in [0.15, 0.2) is 0 Å². The molecule has 1 N–H and O–H groups in total. The second kappa shape index (κ2) is 7.43. The van der Waals surface area contributed by atoms with E-state index in [4.69, 9.17) is 4.74 Å². The zero-order valence-electron chi connectivity index (χ0n) is 13.6. The van der Waals surface area contributed by atoms with Crippen molar-refractivity contribution in [2.24, 2.45) is 7.05 Å². The highest BCUT2D eigenvalue weighted by atomic mass is 16.6. The quantitative estimate of drug-likeness (QED) is 0.470. The molecule has 0 aliphatic carbocycles. The van der Waals surface area contributed by atoms with E-state index in [1.807, 2.05) is 0 Å². The van der Waals surface area contributed by atoms with Crippen LogP contribution >= 0.6 is 0 Å². The Morgan fingerprint density at radius 2 is 2.00 bits per heavy atom. The van der Waals surface area contributed by atoms with E-state index in [1.165, 1.54) is 12.4 Å². The van der Waals surface area contributed by atoms with Crippen molar-refractivity contribution in [3.8, 4) is 0 Å². The molecular weight excluding hydrogens is 332 g/mol. The highest BCUT2D eigenvalue weighted by Crippen LogP contribution is 2.18. The molecule has 2 rings (SSSR count). The number of nitrogens with zero attached hydrogens (tertiary/aromatic N) is 3. The number of hydrogen-bond acceptors (Lipinski definition) is 6. The first-order valence-electron chi connectivity index (χ1n) is 7.29. The fourth-order valence-corrected chi connectivity index (χ4v) is 2.15. The van der Waals surface area contributed by atoms with Gasteiger partial charge in [0.25, 0.3) is 11.2 Å². The molecule has 0 aliphatic heterocycles. The Kier molecular flexibility index (Phi) is 5.32. The van der Waals surface area contributed by atoms with Crippen LogP contribution in [0.1, 0.15) is 17.3 Å². The summed E-state index contributed by atoms with van der Waals surface area (Å²) in [5.74, 6) is -1.20. The second-order valence-corrected chi connectivity index (χ2v) is 5.13. The number of nitro groups is 1. The summed E-state index contributed by atoms with van der Waals surface area (Å²) in [4.78, 5) is 45.9. The number of amides is 1. The molecule has 2 aromatic rings. The highest BCUT2D eigenvalue weighted by Gasteiger charge is 2.18. The minimum absolute atomic E-state index is 0.170. The number of hydrogen-bond donors (Lipinski definition) is 1. The lowest BCUT2D eigenvalue weighted by Gasteiger charge is -2.08. The number of rotatable bonds is 6. The first-order chi connectivity index (χ1) is 11.8. The number of esters is 1. The molecule has 0 fully saturated rings. The molecule has 0 aliphatic rings. The molecule has 10 nitrogen and oxygen atoms in total. The number of carbonyl (C=O) groups excluding carboxylic acids is 2. The minimum Gasteiger partial charge on any atom is -0.462 e. The molecule has 0 aromatic carbocycles. The second-order valence-electron chi connectivity index (χ2n) is 5.13. The van der Waals surface area contributed by atoms with E-state index in [1.54, 1.807) is 18.5 Å². The maximum absolute atomic E-state index is 12.2. The van der Waals surface area contributed by atoms with Crippen LogP contribution in [0.5, 0.6) is 0 Å². The van der Waals surface area contributed by atoms with Crippen molar-refractivity contribution in [2.45, 2.75) is 13.5 Å². The summed E-state index contributed by atoms with van der Waals surface area (Å²) < 4.78 is 7.40. The van der Waals surface area contributed by atoms with Crippen molar-refractivity contribution < 1.29 is 19.2 Å². The topological polar surface area (TPSA) is 125 Å². The van der Waals surface area contributed by atoms with E-state index >= 15 is 0 Å². The molecule has 0 radical (unpaired) electrons. The van der Waals surface area contributed by atoms with Gasteiger partial charge in [-0.2, -0.15) is 0 Å². The van der Waals surface area contributed by atoms with Gasteiger partial charge in [-0.1, -0.05) is 0 Å². The van der Waals surface area contributed by atoms with Crippen molar-refractivity contribution in [3.63, 3.8) is 0 Å². The van der Waals surface area contributed by atoms with Gasteiger partial charge in [0, 0.05) is 31.6 Å². The van der Waals surface area contributed by atoms with Crippen molar-refractivity contribution in [3.05, 3.63) is 56.8 Å². The van der Waals surface area contributed by atoms with Crippen LogP contribution in [0.4, 0.5) is 11.4 Å². The predicted molar refractivity (Wildman–Crippen MR) is 87.4 cm³/mol. The Morgan fingerprint density at radius 1 is 1.28 bits per heavy atom. The van der Waals surface area contributed by atoms with Crippen molar-refractivity contribution in [1.29, 1.82) is 0 Å². The van der Waals surface area contributed by atoms with E-state index in [9.17, 15) is 24.5 Å². The van der Waals surface area contributed by atoms with Crippen LogP contribution in [0.3, 0.4) is 0 Å². The lowest BCUT2D eigenvalue weighted by Crippen LogP contribution is -2.27. The standard InChI is InChI=1S/C15H16N4O6/c1-3-25-15(22)11-7-17(2)8-12(11)16-13(20)9-18-6-10(19(23)24)4-5-14(18)21/h4-8H,3,9H2,1-2H3,(H,16,20). The molecule has 25 heavy (non-hydrogen) atoms. The predicted octanol–water partition coefficient (Wildman–Crippen LogP) is 0.910. The first-order valence-corrected chi connectivity index (χ1v) is 7.29. The number of nitrogens with one attached hydrogen (secondary N) is 1. The summed E-state index contributed by atoms with van der Waals surface area (Å²) >= 11 is 0. The first kappa shape index (κ1) is 17.9. The molecule has 10 heteroatoms. The SMILES string of the molecule is CCOC(=O)c1cn(C)cc1NC(=O)Cn1cc([N+](=O)[O-])ccc1=O. The van der Waals surface area contributed by atoms with Crippen LogP contribution in [0, 0.1) is 10.1 Å². The van der Waals surface area contributed by atoms with Gasteiger partial charge in [0.1, 0.15) is 12.1 Å². The normalized spacial score (nSPS) is 10.3. The number of pyridine rings is 1. The summed E-state index contributed by atoms with van der Waals surface area (Å²) in [6.45, 7) is 1.41. The van der Waals surface area contributed by atoms with Crippen molar-refractivity contribution in [2.75, 3.05) is 11.9 Å². The molecule has 0 saturated heterocycles. The number of carbonyl (C=O) groups is 2. The zero-order valence-corrected chi connectivity index (χ0v) is 13.6. The third-order valence-electron chi connectivity index (χ3n) is 3.22. The summed E-state index contributed by atoms with van der Waals surface area (Å²) in [5, 5.41) is 13.3. The molecule has 0 unspecified atom stereocenters. The van der Waals surface area contributed by atoms with Gasteiger partial charge in [-0.15, -0.1) is 0 Å². The Morgan fingerprint density at radius 3 is 2.64 bits per heavy atom. The Hall–Kier alpha value is -3.43. The van der Waals surface area contributed by atoms with Crippen LogP contribution in [-0.2, 0) is 23.1 Å². The van der Waals surface area contributed by atoms with Gasteiger partial charge in [-0.05, 0) is 6.92 Å². The van der Waals surface area contributed by atoms with E-state index in [-0.39, 0.29) is 23.5 Å². The molecule has 1 amide bonds. The highest BCUT2D eigenvalue weighted by molar-refractivity contribution is 6.01. The van der Waals surface area contributed by atoms with Crippen LogP contribution in [0.15, 0.2) is 35.5 Å². The van der Waals surface area contributed by atoms with Crippen molar-refractivity contribution >= 4 is 23.3 Å². The molecule has 0 saturated carbocycles. The van der Waals surface area contributed by atoms with Gasteiger partial charge in [0.05, 0.1) is 23.4 Å². The van der Waals surface area contributed by atoms with E-state index < -0.39 is 28.9 Å². The molecule has 0 atom stereocenters. The molecule has 132 valence electrons. The van der Waals surface area contributed by atoms with Crippen LogP contribution < -0.4 is 10.9 Å². The maximum atomic E-state index is 12.2. The van der Waals surface area contributed by atoms with Gasteiger partial charge in [0.2, 0.25) is 5.91 Å². The summed E-state index contributed by atoms with van der Waals surface area (Å²) in [6.07, 6.45) is 3.99. The smallest absolute Gasteiger partial charge is 0.341 e. The average molecular weight is 348 g/mol. The third-order valence-corrected chi connectivity index (χ3v) is 3.22. The van der Waals surface area contributed by atoms with Crippen LogP contribution in [-0.4, -0.2) is 32.5 Å². The average Bonchev–Trinajstić information content (AvgIpc) is 2.90. The number of ether oxygens (including phenoxy) is 1. The Balaban J connectivity index is 2.19. The summed E-state index contributed by atoms with van der Waals surface area (Å²) in [7, 11) is 1.67. The fourth-order valence-electron chi connectivity index (χ4n) is 2.15. The largest absolute Gasteiger partial charge is 0.462 e. The third kappa shape index (κ3) is 4.31. The van der Waals surface area contributed by atoms with Gasteiger partial charge >= 0.3 is 5.97 Å². The molecule has 0 spiro atoms. The molecule has 2 heterocycles. The number of aryl methyl sites for hydroxylation is 1. The number of anilines is 1. The molecule has 2 aromatic heterocycles. The van der Waals surface area contributed by atoms with Gasteiger partial charge in [-0.25, -0.2) is 4.79 Å². The molecular formula is C15H16N4O6. The lowest BCUT2D eigenvalue weighted by molar-refractivity contribution is -0.385. The van der Waals surface area contributed by atoms with E-state index in [2.05, 4.69) is 5.32 Å². The molecule has 0 bridgehead atoms. The zero-order chi connectivity index (χ0) is 18.6. The van der Waals surface area contributed by atoms with Crippen LogP contribution in [0.25, 0.3) is 0 Å². The monoisotopic (exact) mass is 348 g/mol. The fraction of sp³-hybridized carbons (Fsp3) is 0.267. The lowest BCUT2D eigenvalue weighted by atomic mass is 10.3.